The van der Waals surface area contributed by atoms with Gasteiger partial charge in [0.1, 0.15) is 30.7 Å². The zero-order valence-electron chi connectivity index (χ0n) is 17.0. The van der Waals surface area contributed by atoms with E-state index >= 15 is 0 Å². The topological polar surface area (TPSA) is 59.5 Å². The number of aromatic nitrogens is 2. The van der Waals surface area contributed by atoms with Crippen LogP contribution >= 0.6 is 0 Å². The van der Waals surface area contributed by atoms with Crippen LogP contribution in [0.5, 0.6) is 11.5 Å². The smallest absolute Gasteiger partial charge is 0.163 e. The molecule has 0 amide bonds. The highest BCUT2D eigenvalue weighted by Crippen LogP contribution is 2.38. The fraction of sp³-hybridized carbons (Fsp3) is 0.391. The van der Waals surface area contributed by atoms with Crippen molar-refractivity contribution in [1.82, 2.24) is 14.9 Å². The van der Waals surface area contributed by atoms with Crippen LogP contribution in [0.25, 0.3) is 10.9 Å². The number of benzene rings is 2. The van der Waals surface area contributed by atoms with Crippen molar-refractivity contribution in [3.63, 3.8) is 0 Å². The number of anilines is 2. The molecule has 1 saturated heterocycles. The maximum Gasteiger partial charge on any atom is 0.163 e. The summed E-state index contributed by atoms with van der Waals surface area (Å²) in [6.07, 6.45) is 4.99. The number of likely N-dealkylation sites (tertiary alicyclic amines) is 1. The molecule has 0 spiro atoms. The van der Waals surface area contributed by atoms with E-state index in [-0.39, 0.29) is 11.9 Å². The fourth-order valence-electron chi connectivity index (χ4n) is 4.11. The van der Waals surface area contributed by atoms with E-state index in [0.717, 1.165) is 23.9 Å². The summed E-state index contributed by atoms with van der Waals surface area (Å²) in [6, 6.07) is 9.00. The lowest BCUT2D eigenvalue weighted by Crippen LogP contribution is -2.33. The second-order valence-electron chi connectivity index (χ2n) is 7.99. The first-order valence-electron chi connectivity index (χ1n) is 10.5. The molecule has 1 fully saturated rings. The van der Waals surface area contributed by atoms with Crippen molar-refractivity contribution in [3.05, 3.63) is 48.0 Å². The summed E-state index contributed by atoms with van der Waals surface area (Å²) >= 11 is 0. The first-order valence-corrected chi connectivity index (χ1v) is 10.5. The van der Waals surface area contributed by atoms with Crippen LogP contribution < -0.4 is 14.8 Å². The fourth-order valence-corrected chi connectivity index (χ4v) is 4.11. The third-order valence-corrected chi connectivity index (χ3v) is 5.83. The Morgan fingerprint density at radius 2 is 2.03 bits per heavy atom. The van der Waals surface area contributed by atoms with E-state index in [1.54, 1.807) is 19.1 Å². The molecule has 1 atom stereocenters. The Kier molecular flexibility index (Phi) is 5.12. The van der Waals surface area contributed by atoms with Crippen LogP contribution in [0.3, 0.4) is 0 Å². The molecular formula is C23H25FN4O2. The van der Waals surface area contributed by atoms with E-state index in [1.807, 2.05) is 18.2 Å². The van der Waals surface area contributed by atoms with Crippen LogP contribution in [-0.2, 0) is 0 Å². The van der Waals surface area contributed by atoms with Gasteiger partial charge in [-0.2, -0.15) is 0 Å². The summed E-state index contributed by atoms with van der Waals surface area (Å²) in [6.45, 7) is 5.66. The van der Waals surface area contributed by atoms with Gasteiger partial charge in [-0.3, -0.25) is 0 Å². The van der Waals surface area contributed by atoms with E-state index in [1.165, 1.54) is 32.3 Å². The molecule has 7 heteroatoms. The Morgan fingerprint density at radius 3 is 2.90 bits per heavy atom. The molecular weight excluding hydrogens is 383 g/mol. The number of ether oxygens (including phenoxy) is 2. The highest BCUT2D eigenvalue weighted by molar-refractivity contribution is 5.93. The predicted octanol–water partition coefficient (Wildman–Crippen LogP) is 4.45. The zero-order valence-corrected chi connectivity index (χ0v) is 17.0. The van der Waals surface area contributed by atoms with Gasteiger partial charge in [0.15, 0.2) is 11.5 Å². The molecule has 0 saturated carbocycles. The normalized spacial score (nSPS) is 18.7. The predicted molar refractivity (Wildman–Crippen MR) is 114 cm³/mol. The lowest BCUT2D eigenvalue weighted by Gasteiger charge is -2.28. The lowest BCUT2D eigenvalue weighted by atomic mass is 10.1. The Balaban J connectivity index is 1.40. The van der Waals surface area contributed by atoms with E-state index in [0.29, 0.717) is 35.2 Å². The van der Waals surface area contributed by atoms with Crippen molar-refractivity contribution in [2.24, 2.45) is 0 Å². The van der Waals surface area contributed by atoms with Crippen molar-refractivity contribution < 1.29 is 13.9 Å². The van der Waals surface area contributed by atoms with Gasteiger partial charge >= 0.3 is 0 Å². The van der Waals surface area contributed by atoms with Gasteiger partial charge in [-0.1, -0.05) is 12.1 Å². The van der Waals surface area contributed by atoms with Crippen molar-refractivity contribution in [2.45, 2.75) is 32.3 Å². The van der Waals surface area contributed by atoms with Crippen molar-refractivity contribution in [3.8, 4) is 11.5 Å². The third-order valence-electron chi connectivity index (χ3n) is 5.83. The average molecular weight is 408 g/mol. The molecule has 3 heterocycles. The number of nitrogens with zero attached hydrogens (tertiary/aromatic N) is 3. The van der Waals surface area contributed by atoms with Gasteiger partial charge in [0.05, 0.1) is 11.2 Å². The largest absolute Gasteiger partial charge is 0.486 e. The molecule has 156 valence electrons. The molecule has 0 radical (unpaired) electrons. The Morgan fingerprint density at radius 1 is 1.17 bits per heavy atom. The van der Waals surface area contributed by atoms with Gasteiger partial charge in [-0.15, -0.1) is 0 Å². The Labute approximate surface area is 175 Å². The average Bonchev–Trinajstić information content (AvgIpc) is 3.28. The van der Waals surface area contributed by atoms with Crippen molar-refractivity contribution in [2.75, 3.05) is 31.6 Å². The van der Waals surface area contributed by atoms with Gasteiger partial charge in [0, 0.05) is 24.4 Å². The van der Waals surface area contributed by atoms with E-state index < -0.39 is 0 Å². The summed E-state index contributed by atoms with van der Waals surface area (Å²) in [4.78, 5) is 11.2. The van der Waals surface area contributed by atoms with Crippen LogP contribution in [-0.4, -0.2) is 47.2 Å². The van der Waals surface area contributed by atoms with Gasteiger partial charge in [-0.25, -0.2) is 14.4 Å². The van der Waals surface area contributed by atoms with Crippen LogP contribution in [0.4, 0.5) is 15.9 Å². The molecule has 5 rings (SSSR count). The monoisotopic (exact) mass is 408 g/mol. The minimum absolute atomic E-state index is 0.0193. The minimum Gasteiger partial charge on any atom is -0.486 e. The molecule has 3 aromatic rings. The summed E-state index contributed by atoms with van der Waals surface area (Å²) in [5.41, 5.74) is 1.68. The van der Waals surface area contributed by atoms with E-state index in [4.69, 9.17) is 9.47 Å². The SMILES string of the molecule is Cc1cccc(Nc2ncnc3cc4c(cc23)OC(CCN2CCCC2)CO4)c1F. The number of nitrogens with one attached hydrogen (secondary N) is 1. The van der Waals surface area contributed by atoms with Gasteiger partial charge in [0.25, 0.3) is 0 Å². The van der Waals surface area contributed by atoms with Crippen molar-refractivity contribution >= 4 is 22.4 Å². The Hall–Kier alpha value is -2.93. The number of rotatable bonds is 5. The highest BCUT2D eigenvalue weighted by atomic mass is 19.1. The molecule has 2 aliphatic heterocycles. The van der Waals surface area contributed by atoms with Gasteiger partial charge < -0.3 is 19.7 Å². The second kappa shape index (κ2) is 8.07. The molecule has 2 aromatic carbocycles. The van der Waals surface area contributed by atoms with Crippen molar-refractivity contribution in [1.29, 1.82) is 0 Å². The number of fused-ring (bicyclic) bond motifs is 2. The summed E-state index contributed by atoms with van der Waals surface area (Å²) in [7, 11) is 0. The van der Waals surface area contributed by atoms with E-state index in [2.05, 4.69) is 20.2 Å². The van der Waals surface area contributed by atoms with Gasteiger partial charge in [0.2, 0.25) is 0 Å². The summed E-state index contributed by atoms with van der Waals surface area (Å²) < 4.78 is 26.7. The maximum absolute atomic E-state index is 14.5. The summed E-state index contributed by atoms with van der Waals surface area (Å²) in [5, 5.41) is 3.87. The number of hydrogen-bond acceptors (Lipinski definition) is 6. The number of aryl methyl sites for hydroxylation is 1. The number of hydrogen-bond donors (Lipinski definition) is 1. The van der Waals surface area contributed by atoms with Crippen LogP contribution in [0.2, 0.25) is 0 Å². The quantitative estimate of drug-likeness (QED) is 0.673. The standard InChI is InChI=1S/C23H25FN4O2/c1-15-5-4-6-18(22(15)24)27-23-17-11-21-20(12-19(17)25-14-26-23)29-13-16(30-21)7-10-28-8-2-3-9-28/h4-6,11-12,14,16H,2-3,7-10,13H2,1H3,(H,25,26,27). The summed E-state index contributed by atoms with van der Waals surface area (Å²) in [5.74, 6) is 1.62. The third kappa shape index (κ3) is 3.77. The second-order valence-corrected chi connectivity index (χ2v) is 7.99. The Bertz CT molecular complexity index is 1070. The molecule has 2 aliphatic rings. The molecule has 0 bridgehead atoms. The first kappa shape index (κ1) is 19.1. The molecule has 6 nitrogen and oxygen atoms in total. The highest BCUT2D eigenvalue weighted by Gasteiger charge is 2.24. The van der Waals surface area contributed by atoms with E-state index in [9.17, 15) is 4.39 Å². The number of halogens is 1. The zero-order chi connectivity index (χ0) is 20.5. The minimum atomic E-state index is -0.288. The maximum atomic E-state index is 14.5. The first-order chi connectivity index (χ1) is 14.7. The van der Waals surface area contributed by atoms with Gasteiger partial charge in [-0.05, 0) is 50.6 Å². The van der Waals surface area contributed by atoms with Crippen LogP contribution in [0.1, 0.15) is 24.8 Å². The molecule has 1 aromatic heterocycles. The van der Waals surface area contributed by atoms with Crippen LogP contribution in [0, 0.1) is 12.7 Å². The lowest BCUT2D eigenvalue weighted by molar-refractivity contribution is 0.0776. The molecule has 0 aliphatic carbocycles. The molecule has 1 N–H and O–H groups in total. The molecule has 30 heavy (non-hydrogen) atoms. The van der Waals surface area contributed by atoms with Crippen LogP contribution in [0.15, 0.2) is 36.7 Å². The molecule has 1 unspecified atom stereocenters.